The molecule has 0 fully saturated rings. The van der Waals surface area contributed by atoms with Crippen LogP contribution in [0.5, 0.6) is 0 Å². The Morgan fingerprint density at radius 3 is 1.23 bits per heavy atom. The van der Waals surface area contributed by atoms with Crippen molar-refractivity contribution in [3.63, 3.8) is 0 Å². The van der Waals surface area contributed by atoms with Gasteiger partial charge < -0.3 is 0 Å². The normalized spacial score (nSPS) is 12.2. The molecule has 136 valence electrons. The molecule has 0 aliphatic heterocycles. The van der Waals surface area contributed by atoms with E-state index in [0.29, 0.717) is 11.0 Å². The molecule has 0 saturated heterocycles. The topological polar surface area (TPSA) is 83.1 Å². The number of hydrogen-bond donors (Lipinski definition) is 2. The molecule has 26 heavy (non-hydrogen) atoms. The molecule has 2 aromatic heterocycles. The minimum Gasteiger partial charge on any atom is -0.197 e. The number of aromatic amines is 2. The second kappa shape index (κ2) is 6.28. The molecule has 4 rings (SSSR count). The van der Waals surface area contributed by atoms with Gasteiger partial charge in [0.05, 0.1) is 11.1 Å². The summed E-state index contributed by atoms with van der Waals surface area (Å²) in [6, 6.07) is 6.43. The van der Waals surface area contributed by atoms with Crippen LogP contribution in [0, 0.1) is 0 Å². The number of nitrogens with one attached hydrogen (secondary N) is 2. The largest absolute Gasteiger partial charge is 0.416 e. The minimum atomic E-state index is -4.33. The molecule has 0 unspecified atom stereocenters. The summed E-state index contributed by atoms with van der Waals surface area (Å²) in [6.45, 7) is 0. The molecule has 4 aromatic rings. The lowest BCUT2D eigenvalue weighted by Gasteiger charge is -2.04. The zero-order valence-electron chi connectivity index (χ0n) is 12.5. The number of H-pyrrole nitrogens is 2. The van der Waals surface area contributed by atoms with Crippen molar-refractivity contribution in [2.75, 3.05) is 0 Å². The summed E-state index contributed by atoms with van der Waals surface area (Å²) in [7, 11) is 0. The lowest BCUT2D eigenvalue weighted by atomic mass is 10.2. The molecule has 12 heteroatoms. The summed E-state index contributed by atoms with van der Waals surface area (Å²) in [5.41, 5.74) is -0.145. The highest BCUT2D eigenvalue weighted by Crippen LogP contribution is 2.31. The second-order valence-electron chi connectivity index (χ2n) is 5.05. The smallest absolute Gasteiger partial charge is 0.197 e. The summed E-state index contributed by atoms with van der Waals surface area (Å²) in [5, 5.41) is 18.9. The van der Waals surface area contributed by atoms with E-state index in [9.17, 15) is 26.3 Å². The van der Waals surface area contributed by atoms with Crippen LogP contribution >= 0.6 is 0 Å². The fourth-order valence-electron chi connectivity index (χ4n) is 2.03. The van der Waals surface area contributed by atoms with Crippen LogP contribution in [0.15, 0.2) is 36.4 Å². The van der Waals surface area contributed by atoms with Crippen LogP contribution in [0.4, 0.5) is 26.3 Å². The molecule has 2 heterocycles. The van der Waals surface area contributed by atoms with Gasteiger partial charge in [-0.25, -0.2) is 0 Å². The quantitative estimate of drug-likeness (QED) is 0.457. The zero-order valence-corrected chi connectivity index (χ0v) is 12.5. The van der Waals surface area contributed by atoms with Crippen LogP contribution in [-0.4, -0.2) is 30.8 Å². The van der Waals surface area contributed by atoms with Crippen molar-refractivity contribution in [3.8, 4) is 0 Å². The van der Waals surface area contributed by atoms with Crippen LogP contribution in [0.3, 0.4) is 0 Å². The Morgan fingerprint density at radius 2 is 0.885 bits per heavy atom. The van der Waals surface area contributed by atoms with E-state index >= 15 is 0 Å². The maximum Gasteiger partial charge on any atom is 0.416 e. The number of aromatic nitrogens is 6. The van der Waals surface area contributed by atoms with Gasteiger partial charge in [0.2, 0.25) is 0 Å². The Morgan fingerprint density at radius 1 is 0.538 bits per heavy atom. The fraction of sp³-hybridized carbons (Fsp3) is 0.143. The predicted octanol–water partition coefficient (Wildman–Crippen LogP) is 3.95. The van der Waals surface area contributed by atoms with E-state index < -0.39 is 23.5 Å². The first-order chi connectivity index (χ1) is 12.1. The Labute approximate surface area is 140 Å². The molecule has 0 spiro atoms. The van der Waals surface area contributed by atoms with Crippen molar-refractivity contribution >= 4 is 22.1 Å². The van der Waals surface area contributed by atoms with E-state index in [0.717, 1.165) is 24.3 Å². The highest BCUT2D eigenvalue weighted by atomic mass is 19.4. The zero-order chi connectivity index (χ0) is 18.9. The number of fused-ring (bicyclic) bond motifs is 2. The van der Waals surface area contributed by atoms with E-state index in [-0.39, 0.29) is 11.0 Å². The van der Waals surface area contributed by atoms with Gasteiger partial charge in [-0.1, -0.05) is 0 Å². The number of nitrogens with zero attached hydrogens (tertiary/aromatic N) is 4. The number of hydrogen-bond acceptors (Lipinski definition) is 4. The summed E-state index contributed by atoms with van der Waals surface area (Å²) in [5.74, 6) is 0. The van der Waals surface area contributed by atoms with E-state index in [1.54, 1.807) is 0 Å². The lowest BCUT2D eigenvalue weighted by Crippen LogP contribution is -2.04. The molecule has 0 aliphatic rings. The maximum absolute atomic E-state index is 12.2. The monoisotopic (exact) mass is 374 g/mol. The summed E-state index contributed by atoms with van der Waals surface area (Å²) < 4.78 is 73.0. The average Bonchev–Trinajstić information content (AvgIpc) is 3.21. The standard InChI is InChI=1S/2C7H4F3N3/c2*8-7(9,10)4-1-2-5-6(3-4)12-13-11-5/h2*1-3H,(H,11,12,13). The Bertz CT molecular complexity index is 947. The van der Waals surface area contributed by atoms with Gasteiger partial charge in [0, 0.05) is 0 Å². The molecular weight excluding hydrogens is 366 g/mol. The Kier molecular flexibility index (Phi) is 4.26. The number of halogens is 6. The Hall–Kier alpha value is -3.18. The molecule has 0 atom stereocenters. The molecular formula is C14H8F6N6. The SMILES string of the molecule is FC(F)(F)c1ccc2n[nH]nc2c1.FC(F)(F)c1ccc2n[nH]nc2c1. The molecule has 0 bridgehead atoms. The number of rotatable bonds is 0. The number of alkyl halides is 6. The third kappa shape index (κ3) is 3.73. The summed E-state index contributed by atoms with van der Waals surface area (Å²) in [4.78, 5) is 0. The van der Waals surface area contributed by atoms with Crippen molar-refractivity contribution in [3.05, 3.63) is 47.5 Å². The van der Waals surface area contributed by atoms with Crippen molar-refractivity contribution in [2.45, 2.75) is 12.4 Å². The first-order valence-corrected chi connectivity index (χ1v) is 6.90. The summed E-state index contributed by atoms with van der Waals surface area (Å²) >= 11 is 0. The Balaban J connectivity index is 0.000000151. The van der Waals surface area contributed by atoms with Crippen LogP contribution < -0.4 is 0 Å². The van der Waals surface area contributed by atoms with Crippen LogP contribution in [0.1, 0.15) is 11.1 Å². The third-order valence-corrected chi connectivity index (χ3v) is 3.29. The molecule has 0 saturated carbocycles. The van der Waals surface area contributed by atoms with Gasteiger partial charge in [0.25, 0.3) is 0 Å². The van der Waals surface area contributed by atoms with Crippen LogP contribution in [0.2, 0.25) is 0 Å². The maximum atomic E-state index is 12.2. The van der Waals surface area contributed by atoms with Gasteiger partial charge in [-0.05, 0) is 36.4 Å². The van der Waals surface area contributed by atoms with Gasteiger partial charge >= 0.3 is 12.4 Å². The molecule has 0 radical (unpaired) electrons. The van der Waals surface area contributed by atoms with Crippen molar-refractivity contribution in [1.82, 2.24) is 30.8 Å². The molecule has 6 nitrogen and oxygen atoms in total. The van der Waals surface area contributed by atoms with E-state index in [1.807, 2.05) is 0 Å². The van der Waals surface area contributed by atoms with Crippen molar-refractivity contribution in [1.29, 1.82) is 0 Å². The van der Waals surface area contributed by atoms with Gasteiger partial charge in [0.1, 0.15) is 22.1 Å². The molecule has 2 aromatic carbocycles. The van der Waals surface area contributed by atoms with Gasteiger partial charge in [-0.3, -0.25) is 0 Å². The van der Waals surface area contributed by atoms with E-state index in [1.165, 1.54) is 12.1 Å². The first-order valence-electron chi connectivity index (χ1n) is 6.90. The molecule has 0 amide bonds. The lowest BCUT2D eigenvalue weighted by molar-refractivity contribution is -0.138. The van der Waals surface area contributed by atoms with Crippen molar-refractivity contribution in [2.24, 2.45) is 0 Å². The van der Waals surface area contributed by atoms with Crippen LogP contribution in [-0.2, 0) is 12.4 Å². The highest BCUT2D eigenvalue weighted by Gasteiger charge is 2.31. The third-order valence-electron chi connectivity index (χ3n) is 3.29. The van der Waals surface area contributed by atoms with E-state index in [2.05, 4.69) is 30.8 Å². The molecule has 0 aliphatic carbocycles. The fourth-order valence-corrected chi connectivity index (χ4v) is 2.03. The second-order valence-corrected chi connectivity index (χ2v) is 5.05. The summed E-state index contributed by atoms with van der Waals surface area (Å²) in [6.07, 6.45) is -8.65. The first kappa shape index (κ1) is 17.6. The number of benzene rings is 2. The van der Waals surface area contributed by atoms with Gasteiger partial charge in [-0.2, -0.15) is 57.2 Å². The van der Waals surface area contributed by atoms with Gasteiger partial charge in [0.15, 0.2) is 0 Å². The highest BCUT2D eigenvalue weighted by molar-refractivity contribution is 5.74. The molecule has 2 N–H and O–H groups in total. The van der Waals surface area contributed by atoms with Crippen molar-refractivity contribution < 1.29 is 26.3 Å². The minimum absolute atomic E-state index is 0.217. The van der Waals surface area contributed by atoms with Crippen LogP contribution in [0.25, 0.3) is 22.1 Å². The van der Waals surface area contributed by atoms with E-state index in [4.69, 9.17) is 0 Å². The predicted molar refractivity (Wildman–Crippen MR) is 77.8 cm³/mol. The average molecular weight is 374 g/mol. The van der Waals surface area contributed by atoms with Gasteiger partial charge in [-0.15, -0.1) is 0 Å².